The maximum absolute atomic E-state index is 12.4. The van der Waals surface area contributed by atoms with Gasteiger partial charge in [0, 0.05) is 11.3 Å². The lowest BCUT2D eigenvalue weighted by atomic mass is 10.1. The van der Waals surface area contributed by atoms with Crippen molar-refractivity contribution in [1.82, 2.24) is 20.2 Å². The number of benzene rings is 2. The van der Waals surface area contributed by atoms with Crippen molar-refractivity contribution < 1.29 is 4.79 Å². The Labute approximate surface area is 168 Å². The number of anilines is 1. The van der Waals surface area contributed by atoms with Crippen LogP contribution in [-0.2, 0) is 5.75 Å². The van der Waals surface area contributed by atoms with E-state index in [0.717, 1.165) is 11.1 Å². The van der Waals surface area contributed by atoms with Crippen molar-refractivity contribution in [3.05, 3.63) is 75.7 Å². The summed E-state index contributed by atoms with van der Waals surface area (Å²) in [5.41, 5.74) is 3.13. The Morgan fingerprint density at radius 1 is 1.14 bits per heavy atom. The molecule has 0 fully saturated rings. The summed E-state index contributed by atoms with van der Waals surface area (Å²) in [4.78, 5) is 31.8. The standard InChI is InChI=1S/C19H15N5O2S2/c1-11-6-2-3-7-12(11)16(25)22-18-23-24-19(28-18)27-10-15-17(26)21-14-9-5-4-8-13(14)20-15/h2-9H,10H2,1H3,(H,21,26)(H,22,23,25). The smallest absolute Gasteiger partial charge is 0.271 e. The summed E-state index contributed by atoms with van der Waals surface area (Å²) in [6, 6.07) is 14.7. The number of rotatable bonds is 5. The number of hydrogen-bond donors (Lipinski definition) is 2. The van der Waals surface area contributed by atoms with Gasteiger partial charge < -0.3 is 4.98 Å². The van der Waals surface area contributed by atoms with Crippen LogP contribution in [0.4, 0.5) is 5.13 Å². The third-order valence-corrected chi connectivity index (χ3v) is 6.00. The molecule has 0 aliphatic rings. The number of aryl methyl sites for hydroxylation is 1. The van der Waals surface area contributed by atoms with Crippen LogP contribution in [0.25, 0.3) is 11.0 Å². The highest BCUT2D eigenvalue weighted by Gasteiger charge is 2.13. The molecule has 9 heteroatoms. The monoisotopic (exact) mass is 409 g/mol. The molecule has 2 N–H and O–H groups in total. The average Bonchev–Trinajstić information content (AvgIpc) is 3.14. The number of thioether (sulfide) groups is 1. The van der Waals surface area contributed by atoms with Gasteiger partial charge in [-0.15, -0.1) is 10.2 Å². The number of nitrogens with zero attached hydrogens (tertiary/aromatic N) is 3. The molecule has 2 aromatic carbocycles. The van der Waals surface area contributed by atoms with E-state index in [4.69, 9.17) is 0 Å². The number of para-hydroxylation sites is 2. The Morgan fingerprint density at radius 3 is 2.79 bits per heavy atom. The minimum absolute atomic E-state index is 0.219. The van der Waals surface area contributed by atoms with Crippen LogP contribution in [-0.4, -0.2) is 26.1 Å². The highest BCUT2D eigenvalue weighted by Crippen LogP contribution is 2.28. The normalized spacial score (nSPS) is 10.9. The highest BCUT2D eigenvalue weighted by atomic mass is 32.2. The van der Waals surface area contributed by atoms with E-state index in [-0.39, 0.29) is 11.5 Å². The number of nitrogens with one attached hydrogen (secondary N) is 2. The van der Waals surface area contributed by atoms with Crippen molar-refractivity contribution in [3.8, 4) is 0 Å². The van der Waals surface area contributed by atoms with Gasteiger partial charge in [-0.3, -0.25) is 14.9 Å². The molecule has 7 nitrogen and oxygen atoms in total. The van der Waals surface area contributed by atoms with Crippen LogP contribution >= 0.6 is 23.1 Å². The van der Waals surface area contributed by atoms with E-state index < -0.39 is 0 Å². The topological polar surface area (TPSA) is 101 Å². The second-order valence-electron chi connectivity index (χ2n) is 5.96. The van der Waals surface area contributed by atoms with E-state index >= 15 is 0 Å². The van der Waals surface area contributed by atoms with Gasteiger partial charge in [0.25, 0.3) is 11.5 Å². The molecule has 0 atom stereocenters. The highest BCUT2D eigenvalue weighted by molar-refractivity contribution is 8.00. The molecular formula is C19H15N5O2S2. The van der Waals surface area contributed by atoms with E-state index in [1.54, 1.807) is 6.07 Å². The summed E-state index contributed by atoms with van der Waals surface area (Å²) in [6.45, 7) is 1.88. The summed E-state index contributed by atoms with van der Waals surface area (Å²) in [5.74, 6) is 0.138. The minimum atomic E-state index is -0.224. The molecule has 0 aliphatic carbocycles. The van der Waals surface area contributed by atoms with E-state index in [1.807, 2.05) is 49.4 Å². The predicted octanol–water partition coefficient (Wildman–Crippen LogP) is 3.63. The van der Waals surface area contributed by atoms with Gasteiger partial charge in [-0.25, -0.2) is 4.98 Å². The van der Waals surface area contributed by atoms with Gasteiger partial charge in [-0.1, -0.05) is 53.4 Å². The number of carbonyl (C=O) groups excluding carboxylic acids is 1. The zero-order chi connectivity index (χ0) is 19.5. The van der Waals surface area contributed by atoms with Crippen LogP contribution < -0.4 is 10.9 Å². The van der Waals surface area contributed by atoms with Gasteiger partial charge in [0.1, 0.15) is 5.69 Å². The molecule has 0 saturated carbocycles. The summed E-state index contributed by atoms with van der Waals surface area (Å²) < 4.78 is 0.648. The first-order valence-electron chi connectivity index (χ1n) is 8.41. The largest absolute Gasteiger partial charge is 0.319 e. The Balaban J connectivity index is 1.44. The molecule has 1 amide bonds. The van der Waals surface area contributed by atoms with Crippen molar-refractivity contribution >= 4 is 45.2 Å². The average molecular weight is 409 g/mol. The Bertz CT molecular complexity index is 1220. The van der Waals surface area contributed by atoms with Gasteiger partial charge in [-0.05, 0) is 30.7 Å². The Kier molecular flexibility index (Phi) is 5.18. The van der Waals surface area contributed by atoms with Crippen molar-refractivity contribution in [2.24, 2.45) is 0 Å². The first-order chi connectivity index (χ1) is 13.6. The first-order valence-corrected chi connectivity index (χ1v) is 10.2. The molecule has 0 bridgehead atoms. The second-order valence-corrected chi connectivity index (χ2v) is 8.16. The van der Waals surface area contributed by atoms with E-state index in [1.165, 1.54) is 23.1 Å². The fraction of sp³-hybridized carbons (Fsp3) is 0.105. The van der Waals surface area contributed by atoms with Crippen LogP contribution in [0.1, 0.15) is 21.6 Å². The predicted molar refractivity (Wildman–Crippen MR) is 111 cm³/mol. The van der Waals surface area contributed by atoms with Crippen molar-refractivity contribution in [2.75, 3.05) is 5.32 Å². The van der Waals surface area contributed by atoms with Gasteiger partial charge >= 0.3 is 0 Å². The molecule has 0 saturated heterocycles. The second kappa shape index (κ2) is 7.91. The lowest BCUT2D eigenvalue weighted by Gasteiger charge is -2.03. The number of H-pyrrole nitrogens is 1. The van der Waals surface area contributed by atoms with Crippen molar-refractivity contribution in [2.45, 2.75) is 17.0 Å². The summed E-state index contributed by atoms with van der Waals surface area (Å²) in [6.07, 6.45) is 0. The first kappa shape index (κ1) is 18.3. The number of amides is 1. The fourth-order valence-electron chi connectivity index (χ4n) is 2.61. The fourth-order valence-corrected chi connectivity index (χ4v) is 4.28. The molecule has 140 valence electrons. The number of fused-ring (bicyclic) bond motifs is 1. The lowest BCUT2D eigenvalue weighted by molar-refractivity contribution is 0.102. The molecule has 2 heterocycles. The van der Waals surface area contributed by atoms with Crippen molar-refractivity contribution in [3.63, 3.8) is 0 Å². The molecule has 2 aromatic heterocycles. The lowest BCUT2D eigenvalue weighted by Crippen LogP contribution is -2.14. The third kappa shape index (κ3) is 3.95. The molecule has 0 unspecified atom stereocenters. The van der Waals surface area contributed by atoms with Gasteiger partial charge in [0.05, 0.1) is 11.0 Å². The van der Waals surface area contributed by atoms with E-state index in [2.05, 4.69) is 25.5 Å². The van der Waals surface area contributed by atoms with Crippen LogP contribution in [0.3, 0.4) is 0 Å². The SMILES string of the molecule is Cc1ccccc1C(=O)Nc1nnc(SCc2nc3ccccc3[nH]c2=O)s1. The summed E-state index contributed by atoms with van der Waals surface area (Å²) in [5, 5.41) is 11.2. The quantitative estimate of drug-likeness (QED) is 0.386. The van der Waals surface area contributed by atoms with Crippen LogP contribution in [0.2, 0.25) is 0 Å². The zero-order valence-electron chi connectivity index (χ0n) is 14.8. The van der Waals surface area contributed by atoms with Gasteiger partial charge in [0.15, 0.2) is 4.34 Å². The number of carbonyl (C=O) groups is 1. The molecule has 28 heavy (non-hydrogen) atoms. The maximum Gasteiger partial charge on any atom is 0.271 e. The molecular weight excluding hydrogens is 394 g/mol. The van der Waals surface area contributed by atoms with Crippen molar-refractivity contribution in [1.29, 1.82) is 0 Å². The molecule has 0 radical (unpaired) electrons. The van der Waals surface area contributed by atoms with Crippen LogP contribution in [0.15, 0.2) is 57.7 Å². The Hall–Kier alpha value is -3.04. The summed E-state index contributed by atoms with van der Waals surface area (Å²) >= 11 is 2.61. The molecule has 4 rings (SSSR count). The minimum Gasteiger partial charge on any atom is -0.319 e. The number of hydrogen-bond acceptors (Lipinski definition) is 7. The summed E-state index contributed by atoms with van der Waals surface area (Å²) in [7, 11) is 0. The van der Waals surface area contributed by atoms with Crippen LogP contribution in [0.5, 0.6) is 0 Å². The third-order valence-electron chi connectivity index (χ3n) is 4.02. The maximum atomic E-state index is 12.4. The van der Waals surface area contributed by atoms with Gasteiger partial charge in [-0.2, -0.15) is 0 Å². The molecule has 4 aromatic rings. The number of aromatic amines is 1. The van der Waals surface area contributed by atoms with Gasteiger partial charge in [0.2, 0.25) is 5.13 Å². The van der Waals surface area contributed by atoms with E-state index in [0.29, 0.717) is 32.0 Å². The molecule has 0 spiro atoms. The number of aromatic nitrogens is 4. The Morgan fingerprint density at radius 2 is 1.93 bits per heavy atom. The zero-order valence-corrected chi connectivity index (χ0v) is 16.4. The molecule has 0 aliphatic heterocycles. The van der Waals surface area contributed by atoms with E-state index in [9.17, 15) is 9.59 Å². The van der Waals surface area contributed by atoms with Crippen LogP contribution in [0, 0.1) is 6.92 Å².